The first-order chi connectivity index (χ1) is 9.65. The number of nitrogens with one attached hydrogen (secondary N) is 1. The van der Waals surface area contributed by atoms with Crippen LogP contribution < -0.4 is 5.32 Å². The fourth-order valence-electron chi connectivity index (χ4n) is 1.93. The minimum absolute atomic E-state index is 0.125. The average molecular weight is 289 g/mol. The molecule has 0 unspecified atom stereocenters. The Morgan fingerprint density at radius 1 is 1.15 bits per heavy atom. The normalized spacial score (nSPS) is 11.8. The van der Waals surface area contributed by atoms with Crippen LogP contribution in [0.4, 0.5) is 0 Å². The molecule has 1 amide bonds. The van der Waals surface area contributed by atoms with E-state index in [1.807, 2.05) is 47.8 Å². The number of carboxylic acids is 1. The van der Waals surface area contributed by atoms with Gasteiger partial charge in [0.2, 0.25) is 5.91 Å². The van der Waals surface area contributed by atoms with Crippen molar-refractivity contribution in [1.82, 2.24) is 5.32 Å². The molecule has 0 radical (unpaired) electrons. The van der Waals surface area contributed by atoms with E-state index < -0.39 is 12.0 Å². The number of carbonyl (C=O) groups is 2. The number of carbonyl (C=O) groups excluding carboxylic acids is 1. The first-order valence-electron chi connectivity index (χ1n) is 6.23. The molecule has 4 nitrogen and oxygen atoms in total. The highest BCUT2D eigenvalue weighted by molar-refractivity contribution is 7.10. The highest BCUT2D eigenvalue weighted by Gasteiger charge is 2.18. The van der Waals surface area contributed by atoms with Gasteiger partial charge < -0.3 is 10.4 Å². The second-order valence-corrected chi connectivity index (χ2v) is 5.42. The summed E-state index contributed by atoms with van der Waals surface area (Å²) in [4.78, 5) is 23.9. The number of hydrogen-bond acceptors (Lipinski definition) is 3. The Hall–Kier alpha value is -2.14. The summed E-state index contributed by atoms with van der Waals surface area (Å²) in [5.74, 6) is -1.10. The molecular weight excluding hydrogens is 274 g/mol. The van der Waals surface area contributed by atoms with Gasteiger partial charge in [0.15, 0.2) is 0 Å². The Morgan fingerprint density at radius 2 is 1.90 bits per heavy atom. The molecule has 104 valence electrons. The van der Waals surface area contributed by atoms with Crippen LogP contribution in [0.5, 0.6) is 0 Å². The van der Waals surface area contributed by atoms with Crippen LogP contribution >= 0.6 is 11.3 Å². The molecule has 1 aromatic heterocycles. The highest BCUT2D eigenvalue weighted by atomic mass is 32.1. The molecule has 2 rings (SSSR count). The van der Waals surface area contributed by atoms with E-state index in [-0.39, 0.29) is 18.7 Å². The fraction of sp³-hybridized carbons (Fsp3) is 0.200. The predicted molar refractivity (Wildman–Crippen MR) is 77.6 cm³/mol. The summed E-state index contributed by atoms with van der Waals surface area (Å²) in [6.45, 7) is 0. The van der Waals surface area contributed by atoms with E-state index in [1.54, 1.807) is 0 Å². The van der Waals surface area contributed by atoms with Crippen LogP contribution in [0.25, 0.3) is 0 Å². The third kappa shape index (κ3) is 4.20. The minimum atomic E-state index is -0.935. The van der Waals surface area contributed by atoms with Crippen molar-refractivity contribution in [2.45, 2.75) is 18.9 Å². The van der Waals surface area contributed by atoms with Crippen molar-refractivity contribution in [1.29, 1.82) is 0 Å². The third-order valence-electron chi connectivity index (χ3n) is 2.83. The van der Waals surface area contributed by atoms with Gasteiger partial charge in [-0.25, -0.2) is 0 Å². The van der Waals surface area contributed by atoms with Gasteiger partial charge >= 0.3 is 5.97 Å². The molecular formula is C15H15NO3S. The molecule has 0 saturated carbocycles. The van der Waals surface area contributed by atoms with Gasteiger partial charge in [-0.05, 0) is 17.0 Å². The maximum absolute atomic E-state index is 12.0. The molecule has 1 heterocycles. The van der Waals surface area contributed by atoms with Crippen LogP contribution in [-0.4, -0.2) is 17.0 Å². The molecule has 0 spiro atoms. The van der Waals surface area contributed by atoms with Crippen molar-refractivity contribution in [3.63, 3.8) is 0 Å². The summed E-state index contributed by atoms with van der Waals surface area (Å²) in [6, 6.07) is 12.4. The SMILES string of the molecule is O=C(O)C[C@@H](NC(=O)Cc1cccs1)c1ccccc1. The summed E-state index contributed by atoms with van der Waals surface area (Å²) >= 11 is 1.51. The lowest BCUT2D eigenvalue weighted by atomic mass is 10.0. The van der Waals surface area contributed by atoms with Crippen LogP contribution in [0.15, 0.2) is 47.8 Å². The number of aliphatic carboxylic acids is 1. The zero-order valence-electron chi connectivity index (χ0n) is 10.8. The van der Waals surface area contributed by atoms with Crippen LogP contribution in [0.1, 0.15) is 22.9 Å². The van der Waals surface area contributed by atoms with Crippen LogP contribution in [0.3, 0.4) is 0 Å². The minimum Gasteiger partial charge on any atom is -0.481 e. The molecule has 0 bridgehead atoms. The Morgan fingerprint density at radius 3 is 2.50 bits per heavy atom. The van der Waals surface area contributed by atoms with E-state index in [2.05, 4.69) is 5.32 Å². The smallest absolute Gasteiger partial charge is 0.305 e. The number of thiophene rings is 1. The predicted octanol–water partition coefficient (Wildman–Crippen LogP) is 2.62. The van der Waals surface area contributed by atoms with Gasteiger partial charge in [-0.1, -0.05) is 36.4 Å². The molecule has 2 aromatic rings. The van der Waals surface area contributed by atoms with Gasteiger partial charge in [-0.2, -0.15) is 0 Å². The number of amides is 1. The maximum atomic E-state index is 12.0. The first-order valence-corrected chi connectivity index (χ1v) is 7.11. The monoisotopic (exact) mass is 289 g/mol. The summed E-state index contributed by atoms with van der Waals surface area (Å²) in [5, 5.41) is 13.7. The average Bonchev–Trinajstić information content (AvgIpc) is 2.91. The van der Waals surface area contributed by atoms with Gasteiger partial charge in [-0.15, -0.1) is 11.3 Å². The first kappa shape index (κ1) is 14.3. The Kier molecular flexibility index (Phi) is 4.90. The van der Waals surface area contributed by atoms with Crippen molar-refractivity contribution in [2.24, 2.45) is 0 Å². The molecule has 0 aliphatic heterocycles. The van der Waals surface area contributed by atoms with Crippen LogP contribution in [0.2, 0.25) is 0 Å². The summed E-state index contributed by atoms with van der Waals surface area (Å²) in [5.41, 5.74) is 0.800. The van der Waals surface area contributed by atoms with Crippen molar-refractivity contribution >= 4 is 23.2 Å². The second-order valence-electron chi connectivity index (χ2n) is 4.38. The number of hydrogen-bond donors (Lipinski definition) is 2. The quantitative estimate of drug-likeness (QED) is 0.859. The maximum Gasteiger partial charge on any atom is 0.305 e. The molecule has 0 aliphatic rings. The van der Waals surface area contributed by atoms with Gasteiger partial charge in [-0.3, -0.25) is 9.59 Å². The van der Waals surface area contributed by atoms with Gasteiger partial charge in [0.05, 0.1) is 18.9 Å². The van der Waals surface area contributed by atoms with Crippen LogP contribution in [-0.2, 0) is 16.0 Å². The Labute approximate surface area is 121 Å². The molecule has 5 heteroatoms. The van der Waals surface area contributed by atoms with Crippen molar-refractivity contribution in [3.05, 3.63) is 58.3 Å². The zero-order chi connectivity index (χ0) is 14.4. The van der Waals surface area contributed by atoms with E-state index in [9.17, 15) is 9.59 Å². The second kappa shape index (κ2) is 6.86. The number of rotatable bonds is 6. The van der Waals surface area contributed by atoms with E-state index in [4.69, 9.17) is 5.11 Å². The van der Waals surface area contributed by atoms with E-state index in [0.29, 0.717) is 0 Å². The number of benzene rings is 1. The fourth-order valence-corrected chi connectivity index (χ4v) is 2.63. The largest absolute Gasteiger partial charge is 0.481 e. The van der Waals surface area contributed by atoms with Crippen molar-refractivity contribution in [2.75, 3.05) is 0 Å². The summed E-state index contributed by atoms with van der Waals surface area (Å²) in [7, 11) is 0. The van der Waals surface area contributed by atoms with Gasteiger partial charge in [0.25, 0.3) is 0 Å². The Bertz CT molecular complexity index is 566. The molecule has 20 heavy (non-hydrogen) atoms. The Balaban J connectivity index is 2.04. The summed E-state index contributed by atoms with van der Waals surface area (Å²) < 4.78 is 0. The lowest BCUT2D eigenvalue weighted by Crippen LogP contribution is -2.31. The van der Waals surface area contributed by atoms with Crippen molar-refractivity contribution in [3.8, 4) is 0 Å². The number of carboxylic acid groups (broad SMARTS) is 1. The molecule has 2 N–H and O–H groups in total. The molecule has 0 aliphatic carbocycles. The lowest BCUT2D eigenvalue weighted by molar-refractivity contribution is -0.137. The highest BCUT2D eigenvalue weighted by Crippen LogP contribution is 2.17. The molecule has 0 saturated heterocycles. The zero-order valence-corrected chi connectivity index (χ0v) is 11.6. The molecule has 0 fully saturated rings. The van der Waals surface area contributed by atoms with Gasteiger partial charge in [0, 0.05) is 4.88 Å². The lowest BCUT2D eigenvalue weighted by Gasteiger charge is -2.17. The van der Waals surface area contributed by atoms with Crippen molar-refractivity contribution < 1.29 is 14.7 Å². The van der Waals surface area contributed by atoms with E-state index in [1.165, 1.54) is 11.3 Å². The van der Waals surface area contributed by atoms with Gasteiger partial charge in [0.1, 0.15) is 0 Å². The standard InChI is InChI=1S/C15H15NO3S/c17-14(9-12-7-4-8-20-12)16-13(10-15(18)19)11-5-2-1-3-6-11/h1-8,13H,9-10H2,(H,16,17)(H,18,19)/t13-/m1/s1. The topological polar surface area (TPSA) is 66.4 Å². The summed E-state index contributed by atoms with van der Waals surface area (Å²) in [6.07, 6.45) is 0.154. The van der Waals surface area contributed by atoms with Crippen LogP contribution in [0, 0.1) is 0 Å². The molecule has 1 atom stereocenters. The van der Waals surface area contributed by atoms with E-state index >= 15 is 0 Å². The van der Waals surface area contributed by atoms with E-state index in [0.717, 1.165) is 10.4 Å². The molecule has 1 aromatic carbocycles. The third-order valence-corrected chi connectivity index (χ3v) is 3.71.